The Morgan fingerprint density at radius 3 is 1.46 bits per heavy atom. The first-order chi connectivity index (χ1) is 12.4. The first kappa shape index (κ1) is 16.1. The molecular formula is C18H20N2O6. The second-order valence-electron chi connectivity index (χ2n) is 8.30. The van der Waals surface area contributed by atoms with E-state index in [-0.39, 0.29) is 47.3 Å². The number of rotatable bonds is 0. The first-order valence-electron chi connectivity index (χ1n) is 9.12. The van der Waals surface area contributed by atoms with Crippen molar-refractivity contribution < 1.29 is 29.4 Å². The molecule has 2 aliphatic heterocycles. The molecule has 4 bridgehead atoms. The van der Waals surface area contributed by atoms with Crippen LogP contribution < -0.4 is 10.6 Å². The lowest BCUT2D eigenvalue weighted by atomic mass is 9.78. The van der Waals surface area contributed by atoms with Crippen molar-refractivity contribution in [2.45, 2.75) is 25.0 Å². The van der Waals surface area contributed by atoms with Crippen molar-refractivity contribution in [1.82, 2.24) is 10.6 Å². The monoisotopic (exact) mass is 360 g/mol. The van der Waals surface area contributed by atoms with Gasteiger partial charge >= 0.3 is 0 Å². The summed E-state index contributed by atoms with van der Waals surface area (Å²) in [6.45, 7) is 0. The minimum absolute atomic E-state index is 0.0347. The van der Waals surface area contributed by atoms with E-state index in [0.29, 0.717) is 18.3 Å². The van der Waals surface area contributed by atoms with Crippen LogP contribution in [0.15, 0.2) is 12.2 Å². The van der Waals surface area contributed by atoms with Crippen molar-refractivity contribution in [2.24, 2.45) is 47.3 Å². The van der Waals surface area contributed by atoms with Gasteiger partial charge in [-0.05, 0) is 24.7 Å². The molecule has 5 fully saturated rings. The van der Waals surface area contributed by atoms with E-state index in [0.717, 1.165) is 6.42 Å². The van der Waals surface area contributed by atoms with Gasteiger partial charge in [0.15, 0.2) is 0 Å². The number of aliphatic hydroxyl groups excluding tert-OH is 2. The van der Waals surface area contributed by atoms with Gasteiger partial charge in [-0.1, -0.05) is 12.2 Å². The van der Waals surface area contributed by atoms with E-state index in [4.69, 9.17) is 0 Å². The molecule has 8 nitrogen and oxygen atoms in total. The van der Waals surface area contributed by atoms with E-state index in [2.05, 4.69) is 22.8 Å². The average Bonchev–Trinajstić information content (AvgIpc) is 3.38. The van der Waals surface area contributed by atoms with Crippen molar-refractivity contribution in [3.05, 3.63) is 12.2 Å². The van der Waals surface area contributed by atoms with E-state index in [1.54, 1.807) is 0 Å². The molecule has 2 saturated heterocycles. The summed E-state index contributed by atoms with van der Waals surface area (Å²) in [5, 5.41) is 23.9. The highest BCUT2D eigenvalue weighted by Crippen LogP contribution is 2.54. The standard InChI is InChI=1S/C9H11NO4.C9H9NO2/c11-6-2-1-3(7(6)12)5-4(2)8(13)10-9(5)14;11-8-6-4-1-2-5(3-4)7(6)9(12)10-8/h2-7,11-12H,1H2,(H,10,13,14);1-2,4-7H,3H2,(H,10,11,12)/t2-,3+,4+,5-,6-,7+;4-,5+,6+,7-. The van der Waals surface area contributed by atoms with Crippen LogP contribution in [0.2, 0.25) is 0 Å². The van der Waals surface area contributed by atoms with Crippen LogP contribution in [-0.2, 0) is 19.2 Å². The van der Waals surface area contributed by atoms with Gasteiger partial charge in [0.1, 0.15) is 0 Å². The fourth-order valence-corrected chi connectivity index (χ4v) is 6.18. The van der Waals surface area contributed by atoms with Crippen LogP contribution in [0, 0.1) is 47.3 Å². The van der Waals surface area contributed by atoms with Gasteiger partial charge in [0, 0.05) is 11.8 Å². The van der Waals surface area contributed by atoms with Crippen molar-refractivity contribution in [3.8, 4) is 0 Å². The molecule has 10 atom stereocenters. The van der Waals surface area contributed by atoms with Crippen LogP contribution in [0.3, 0.4) is 0 Å². The number of hydrogen-bond acceptors (Lipinski definition) is 6. The zero-order valence-electron chi connectivity index (χ0n) is 13.9. The molecule has 2 heterocycles. The van der Waals surface area contributed by atoms with E-state index >= 15 is 0 Å². The topological polar surface area (TPSA) is 133 Å². The molecule has 8 heteroatoms. The van der Waals surface area contributed by atoms with Gasteiger partial charge in [0.2, 0.25) is 23.6 Å². The van der Waals surface area contributed by atoms with Crippen LogP contribution in [0.25, 0.3) is 0 Å². The molecule has 4 aliphatic carbocycles. The van der Waals surface area contributed by atoms with Gasteiger partial charge in [-0.3, -0.25) is 29.8 Å². The molecule has 0 radical (unpaired) electrons. The van der Waals surface area contributed by atoms with Crippen LogP contribution in [0.1, 0.15) is 12.8 Å². The van der Waals surface area contributed by atoms with Crippen molar-refractivity contribution in [1.29, 1.82) is 0 Å². The van der Waals surface area contributed by atoms with E-state index in [1.807, 2.05) is 0 Å². The van der Waals surface area contributed by atoms with Crippen molar-refractivity contribution >= 4 is 23.6 Å². The van der Waals surface area contributed by atoms with E-state index in [9.17, 15) is 29.4 Å². The highest BCUT2D eigenvalue weighted by atomic mass is 16.3. The Kier molecular flexibility index (Phi) is 3.25. The Bertz CT molecular complexity index is 705. The van der Waals surface area contributed by atoms with Gasteiger partial charge in [-0.15, -0.1) is 0 Å². The fraction of sp³-hybridized carbons (Fsp3) is 0.667. The zero-order valence-corrected chi connectivity index (χ0v) is 13.9. The number of amides is 4. The maximum Gasteiger partial charge on any atom is 0.231 e. The number of aliphatic hydroxyl groups is 2. The summed E-state index contributed by atoms with van der Waals surface area (Å²) in [5.74, 6) is -1.31. The molecule has 0 aromatic rings. The minimum atomic E-state index is -0.835. The molecule has 138 valence electrons. The Hall–Kier alpha value is -2.06. The normalized spacial score (nSPS) is 51.9. The third kappa shape index (κ3) is 1.91. The number of hydrogen-bond donors (Lipinski definition) is 4. The number of imide groups is 2. The van der Waals surface area contributed by atoms with Crippen LogP contribution in [0.5, 0.6) is 0 Å². The van der Waals surface area contributed by atoms with Gasteiger partial charge in [-0.25, -0.2) is 0 Å². The lowest BCUT2D eigenvalue weighted by Crippen LogP contribution is -2.43. The van der Waals surface area contributed by atoms with Crippen LogP contribution in [0.4, 0.5) is 0 Å². The molecular weight excluding hydrogens is 340 g/mol. The Balaban J connectivity index is 0.000000117. The predicted octanol–water partition coefficient (Wildman–Crippen LogP) is -1.67. The quantitative estimate of drug-likeness (QED) is 0.302. The molecule has 6 rings (SSSR count). The Morgan fingerprint density at radius 1 is 0.654 bits per heavy atom. The minimum Gasteiger partial charge on any atom is -0.390 e. The van der Waals surface area contributed by atoms with Gasteiger partial charge < -0.3 is 10.2 Å². The molecule has 4 amide bonds. The third-order valence-electron chi connectivity index (χ3n) is 7.24. The van der Waals surface area contributed by atoms with Gasteiger partial charge in [-0.2, -0.15) is 0 Å². The highest BCUT2D eigenvalue weighted by Gasteiger charge is 2.64. The molecule has 0 aromatic carbocycles. The number of carbonyl (C=O) groups excluding carboxylic acids is 4. The van der Waals surface area contributed by atoms with Crippen molar-refractivity contribution in [2.75, 3.05) is 0 Å². The number of nitrogens with one attached hydrogen (secondary N) is 2. The summed E-state index contributed by atoms with van der Waals surface area (Å²) >= 11 is 0. The Labute approximate surface area is 149 Å². The second kappa shape index (κ2) is 5.23. The van der Waals surface area contributed by atoms with Gasteiger partial charge in [0.25, 0.3) is 0 Å². The summed E-state index contributed by atoms with van der Waals surface area (Å²) < 4.78 is 0. The lowest BCUT2D eigenvalue weighted by Gasteiger charge is -2.29. The predicted molar refractivity (Wildman–Crippen MR) is 84.6 cm³/mol. The molecule has 0 spiro atoms. The first-order valence-corrected chi connectivity index (χ1v) is 9.12. The summed E-state index contributed by atoms with van der Waals surface area (Å²) in [6.07, 6.45) is 4.11. The SMILES string of the molecule is O=C1NC(=O)[C@H]2[C@@H]1[C@@H]1C=C[C@H]2C1.O=C1NC(=O)[C@H]2[C@H]3C[C@H]([C@H](O)[C@@H]3O)[C@@H]12. The summed E-state index contributed by atoms with van der Waals surface area (Å²) in [5.41, 5.74) is 0. The van der Waals surface area contributed by atoms with E-state index in [1.165, 1.54) is 0 Å². The van der Waals surface area contributed by atoms with Gasteiger partial charge in [0.05, 0.1) is 35.9 Å². The number of fused-ring (bicyclic) bond motifs is 10. The number of allylic oxidation sites excluding steroid dienone is 2. The highest BCUT2D eigenvalue weighted by molar-refractivity contribution is 6.06. The largest absolute Gasteiger partial charge is 0.390 e. The van der Waals surface area contributed by atoms with E-state index < -0.39 is 24.0 Å². The maximum absolute atomic E-state index is 11.4. The third-order valence-corrected chi connectivity index (χ3v) is 7.24. The Morgan fingerprint density at radius 2 is 1.04 bits per heavy atom. The molecule has 0 aromatic heterocycles. The summed E-state index contributed by atoms with van der Waals surface area (Å²) in [4.78, 5) is 45.3. The molecule has 26 heavy (non-hydrogen) atoms. The molecule has 6 aliphatic rings. The summed E-state index contributed by atoms with van der Waals surface area (Å²) in [6, 6.07) is 0. The molecule has 0 unspecified atom stereocenters. The summed E-state index contributed by atoms with van der Waals surface area (Å²) in [7, 11) is 0. The van der Waals surface area contributed by atoms with Crippen LogP contribution >= 0.6 is 0 Å². The molecule has 3 saturated carbocycles. The van der Waals surface area contributed by atoms with Crippen LogP contribution in [-0.4, -0.2) is 46.0 Å². The maximum atomic E-state index is 11.4. The second-order valence-corrected chi connectivity index (χ2v) is 8.30. The fourth-order valence-electron chi connectivity index (χ4n) is 6.18. The number of carbonyl (C=O) groups is 4. The van der Waals surface area contributed by atoms with Crippen molar-refractivity contribution in [3.63, 3.8) is 0 Å². The smallest absolute Gasteiger partial charge is 0.231 e. The lowest BCUT2D eigenvalue weighted by molar-refractivity contribution is -0.129. The molecule has 4 N–H and O–H groups in total. The average molecular weight is 360 g/mol. The zero-order chi connectivity index (χ0) is 18.3.